The van der Waals surface area contributed by atoms with E-state index in [2.05, 4.69) is 0 Å². The summed E-state index contributed by atoms with van der Waals surface area (Å²) in [7, 11) is 0. The van der Waals surface area contributed by atoms with E-state index in [4.69, 9.17) is 0 Å². The van der Waals surface area contributed by atoms with Crippen LogP contribution in [0.15, 0.2) is 18.2 Å². The molecule has 4 nitrogen and oxygen atoms in total. The molecule has 4 aliphatic rings. The molecule has 4 bridgehead atoms. The number of carboxylic acids is 1. The number of hydrogen-bond donors (Lipinski definition) is 3. The molecule has 1 aromatic rings. The second-order valence-electron chi connectivity index (χ2n) is 7.50. The van der Waals surface area contributed by atoms with Gasteiger partial charge in [0, 0.05) is 0 Å². The Morgan fingerprint density at radius 1 is 1.14 bits per heavy atom. The van der Waals surface area contributed by atoms with Gasteiger partial charge in [0.15, 0.2) is 0 Å². The summed E-state index contributed by atoms with van der Waals surface area (Å²) in [6.45, 7) is 0. The van der Waals surface area contributed by atoms with Gasteiger partial charge in [-0.1, -0.05) is 6.07 Å². The van der Waals surface area contributed by atoms with E-state index in [9.17, 15) is 20.1 Å². The molecule has 0 heterocycles. The fourth-order valence-electron chi connectivity index (χ4n) is 5.59. The molecule has 1 aromatic carbocycles. The molecule has 0 radical (unpaired) electrons. The minimum Gasteiger partial charge on any atom is -0.507 e. The lowest BCUT2D eigenvalue weighted by molar-refractivity contribution is -0.137. The summed E-state index contributed by atoms with van der Waals surface area (Å²) < 4.78 is 0. The van der Waals surface area contributed by atoms with Crippen LogP contribution in [0.3, 0.4) is 0 Å². The third-order valence-corrected chi connectivity index (χ3v) is 5.87. The Morgan fingerprint density at radius 2 is 1.81 bits per heavy atom. The number of carbonyl (C=O) groups is 1. The van der Waals surface area contributed by atoms with Gasteiger partial charge in [-0.3, -0.25) is 0 Å². The van der Waals surface area contributed by atoms with Gasteiger partial charge in [0.25, 0.3) is 0 Å². The number of carboxylic acid groups (broad SMARTS) is 1. The van der Waals surface area contributed by atoms with E-state index in [-0.39, 0.29) is 16.7 Å². The number of aromatic carboxylic acids is 1. The topological polar surface area (TPSA) is 77.8 Å². The smallest absolute Gasteiger partial charge is 0.339 e. The molecule has 0 aromatic heterocycles. The third-order valence-electron chi connectivity index (χ3n) is 5.87. The Labute approximate surface area is 123 Å². The first-order chi connectivity index (χ1) is 9.89. The number of aliphatic hydroxyl groups is 1. The molecule has 0 amide bonds. The Kier molecular flexibility index (Phi) is 2.51. The quantitative estimate of drug-likeness (QED) is 0.782. The van der Waals surface area contributed by atoms with Crippen LogP contribution in [0.2, 0.25) is 0 Å². The van der Waals surface area contributed by atoms with Crippen LogP contribution in [0, 0.1) is 11.8 Å². The average molecular weight is 288 g/mol. The maximum absolute atomic E-state index is 11.3. The molecule has 0 spiro atoms. The van der Waals surface area contributed by atoms with Crippen molar-refractivity contribution in [3.05, 3.63) is 29.3 Å². The third kappa shape index (κ3) is 1.89. The molecule has 5 rings (SSSR count). The largest absolute Gasteiger partial charge is 0.507 e. The van der Waals surface area contributed by atoms with E-state index in [1.54, 1.807) is 6.07 Å². The summed E-state index contributed by atoms with van der Waals surface area (Å²) >= 11 is 0. The van der Waals surface area contributed by atoms with E-state index in [0.29, 0.717) is 11.8 Å². The van der Waals surface area contributed by atoms with Crippen molar-refractivity contribution in [2.45, 2.75) is 49.5 Å². The molecule has 112 valence electrons. The highest BCUT2D eigenvalue weighted by molar-refractivity contribution is 5.91. The summed E-state index contributed by atoms with van der Waals surface area (Å²) in [5.41, 5.74) is 0.280. The average Bonchev–Trinajstić information content (AvgIpc) is 2.35. The normalized spacial score (nSPS) is 40.4. The van der Waals surface area contributed by atoms with Crippen LogP contribution in [-0.2, 0) is 5.41 Å². The number of phenols is 1. The van der Waals surface area contributed by atoms with Gasteiger partial charge < -0.3 is 15.3 Å². The van der Waals surface area contributed by atoms with Crippen LogP contribution >= 0.6 is 0 Å². The molecule has 4 heteroatoms. The highest BCUT2D eigenvalue weighted by Gasteiger charge is 2.57. The first-order valence-corrected chi connectivity index (χ1v) is 7.68. The van der Waals surface area contributed by atoms with Gasteiger partial charge in [-0.2, -0.15) is 0 Å². The molecular formula is C17H20O4. The zero-order valence-electron chi connectivity index (χ0n) is 11.9. The minimum absolute atomic E-state index is 0.0322. The predicted molar refractivity (Wildman–Crippen MR) is 76.4 cm³/mol. The molecule has 0 saturated heterocycles. The second kappa shape index (κ2) is 4.01. The maximum atomic E-state index is 11.3. The van der Waals surface area contributed by atoms with Crippen LogP contribution in [0.4, 0.5) is 0 Å². The lowest BCUT2D eigenvalue weighted by Gasteiger charge is -2.60. The van der Waals surface area contributed by atoms with Crippen LogP contribution in [0.1, 0.15) is 54.4 Å². The van der Waals surface area contributed by atoms with Crippen LogP contribution in [0.5, 0.6) is 5.75 Å². The molecule has 21 heavy (non-hydrogen) atoms. The minimum atomic E-state index is -1.10. The lowest BCUT2D eigenvalue weighted by Crippen LogP contribution is -2.57. The van der Waals surface area contributed by atoms with Crippen LogP contribution in [-0.4, -0.2) is 26.9 Å². The van der Waals surface area contributed by atoms with Crippen molar-refractivity contribution in [1.82, 2.24) is 0 Å². The van der Waals surface area contributed by atoms with E-state index in [1.807, 2.05) is 6.07 Å². The zero-order chi connectivity index (χ0) is 14.8. The van der Waals surface area contributed by atoms with Crippen LogP contribution in [0.25, 0.3) is 0 Å². The zero-order valence-corrected chi connectivity index (χ0v) is 11.9. The van der Waals surface area contributed by atoms with E-state index >= 15 is 0 Å². The van der Waals surface area contributed by atoms with Gasteiger partial charge in [0.1, 0.15) is 11.3 Å². The van der Waals surface area contributed by atoms with E-state index in [1.165, 1.54) is 12.5 Å². The molecule has 2 atom stereocenters. The van der Waals surface area contributed by atoms with Crippen molar-refractivity contribution < 1.29 is 20.1 Å². The summed E-state index contributed by atoms with van der Waals surface area (Å²) in [6.07, 6.45) is 5.81. The highest BCUT2D eigenvalue weighted by atomic mass is 16.4. The fraction of sp³-hybridized carbons (Fsp3) is 0.588. The second-order valence-corrected chi connectivity index (χ2v) is 7.50. The number of rotatable bonds is 2. The fourth-order valence-corrected chi connectivity index (χ4v) is 5.59. The Hall–Kier alpha value is -1.55. The molecule has 0 aliphatic heterocycles. The molecule has 2 unspecified atom stereocenters. The van der Waals surface area contributed by atoms with Gasteiger partial charge in [-0.25, -0.2) is 4.79 Å². The Balaban J connectivity index is 1.79. The first kappa shape index (κ1) is 13.1. The number of hydrogen-bond acceptors (Lipinski definition) is 3. The SMILES string of the molecule is O=C(O)c1cc(C23CC4CC(CC(O)(C4)C2)C3)ccc1O. The molecule has 4 fully saturated rings. The van der Waals surface area contributed by atoms with E-state index in [0.717, 1.165) is 37.7 Å². The Morgan fingerprint density at radius 3 is 2.38 bits per heavy atom. The molecular weight excluding hydrogens is 268 g/mol. The highest BCUT2D eigenvalue weighted by Crippen LogP contribution is 2.62. The maximum Gasteiger partial charge on any atom is 0.339 e. The summed E-state index contributed by atoms with van der Waals surface area (Å²) in [6, 6.07) is 4.95. The van der Waals surface area contributed by atoms with Crippen LogP contribution < -0.4 is 0 Å². The number of benzene rings is 1. The molecule has 4 aliphatic carbocycles. The van der Waals surface area contributed by atoms with Gasteiger partial charge >= 0.3 is 5.97 Å². The van der Waals surface area contributed by atoms with Gasteiger partial charge in [-0.15, -0.1) is 0 Å². The Bertz CT molecular complexity index is 607. The van der Waals surface area contributed by atoms with Crippen molar-refractivity contribution in [3.63, 3.8) is 0 Å². The molecule has 3 N–H and O–H groups in total. The van der Waals surface area contributed by atoms with Crippen molar-refractivity contribution in [2.24, 2.45) is 11.8 Å². The molecule has 4 saturated carbocycles. The van der Waals surface area contributed by atoms with Gasteiger partial charge in [0.05, 0.1) is 5.60 Å². The summed E-state index contributed by atoms with van der Waals surface area (Å²) in [5.74, 6) is -0.177. The first-order valence-electron chi connectivity index (χ1n) is 7.68. The predicted octanol–water partition coefficient (Wildman–Crippen LogP) is 2.67. The van der Waals surface area contributed by atoms with E-state index < -0.39 is 11.6 Å². The van der Waals surface area contributed by atoms with Crippen molar-refractivity contribution in [2.75, 3.05) is 0 Å². The summed E-state index contributed by atoms with van der Waals surface area (Å²) in [5, 5.41) is 29.7. The van der Waals surface area contributed by atoms with Crippen molar-refractivity contribution in [1.29, 1.82) is 0 Å². The van der Waals surface area contributed by atoms with Gasteiger partial charge in [0.2, 0.25) is 0 Å². The van der Waals surface area contributed by atoms with Crippen molar-refractivity contribution >= 4 is 5.97 Å². The lowest BCUT2D eigenvalue weighted by atomic mass is 9.46. The number of aromatic hydroxyl groups is 1. The monoisotopic (exact) mass is 288 g/mol. The van der Waals surface area contributed by atoms with Crippen molar-refractivity contribution in [3.8, 4) is 5.75 Å². The van der Waals surface area contributed by atoms with Gasteiger partial charge in [-0.05, 0) is 73.5 Å². The summed E-state index contributed by atoms with van der Waals surface area (Å²) in [4.78, 5) is 11.3. The standard InChI is InChI=1S/C17H20O4/c18-14-2-1-12(4-13(14)15(19)20)16-5-10-3-11(6-16)8-17(21,7-10)9-16/h1-2,4,10-11,18,21H,3,5-9H2,(H,19,20).